The van der Waals surface area contributed by atoms with Gasteiger partial charge in [0.1, 0.15) is 30.6 Å². The van der Waals surface area contributed by atoms with E-state index in [4.69, 9.17) is 15.2 Å². The standard InChI is InChI=1S/C21H31F6NO4/c22-16-15(21(25,26)27)19(31-11-3-1-10(2-4-11)7-8-29)18(24)20(17(16)23)32-12-5-6-13(28)14(30)9-12/h8,10-20,30H,1-7,9,28H2. The summed E-state index contributed by atoms with van der Waals surface area (Å²) in [6.45, 7) is 0. The van der Waals surface area contributed by atoms with Gasteiger partial charge in [-0.25, -0.2) is 13.2 Å². The van der Waals surface area contributed by atoms with Crippen molar-refractivity contribution in [1.82, 2.24) is 0 Å². The van der Waals surface area contributed by atoms with Crippen molar-refractivity contribution in [2.75, 3.05) is 0 Å². The molecule has 0 aliphatic heterocycles. The van der Waals surface area contributed by atoms with Crippen LogP contribution in [0.4, 0.5) is 26.3 Å². The number of nitrogens with two attached hydrogens (primary N) is 1. The highest BCUT2D eigenvalue weighted by Gasteiger charge is 2.63. The van der Waals surface area contributed by atoms with Gasteiger partial charge in [0.25, 0.3) is 0 Å². The summed E-state index contributed by atoms with van der Waals surface area (Å²) in [5.41, 5.74) is 5.69. The topological polar surface area (TPSA) is 81.8 Å². The molecule has 32 heavy (non-hydrogen) atoms. The second kappa shape index (κ2) is 10.6. The van der Waals surface area contributed by atoms with Crippen LogP contribution >= 0.6 is 0 Å². The number of aliphatic hydroxyl groups excluding tert-OH is 1. The molecular weight excluding hydrogens is 444 g/mol. The molecule has 9 atom stereocenters. The minimum absolute atomic E-state index is 0.0387. The van der Waals surface area contributed by atoms with Crippen LogP contribution in [-0.2, 0) is 14.3 Å². The largest absolute Gasteiger partial charge is 0.397 e. The maximum Gasteiger partial charge on any atom is 0.397 e. The van der Waals surface area contributed by atoms with E-state index in [0.29, 0.717) is 38.5 Å². The van der Waals surface area contributed by atoms with Gasteiger partial charge >= 0.3 is 6.18 Å². The first-order valence-corrected chi connectivity index (χ1v) is 11.2. The molecule has 0 radical (unpaired) electrons. The first-order valence-electron chi connectivity index (χ1n) is 11.2. The van der Waals surface area contributed by atoms with Crippen molar-refractivity contribution in [2.24, 2.45) is 17.6 Å². The van der Waals surface area contributed by atoms with Crippen molar-refractivity contribution in [3.05, 3.63) is 0 Å². The van der Waals surface area contributed by atoms with Crippen molar-refractivity contribution in [3.63, 3.8) is 0 Å². The predicted octanol–water partition coefficient (Wildman–Crippen LogP) is 3.35. The molecule has 0 amide bonds. The van der Waals surface area contributed by atoms with Crippen LogP contribution in [-0.4, -0.2) is 72.6 Å². The van der Waals surface area contributed by atoms with Gasteiger partial charge in [0.05, 0.1) is 18.3 Å². The normalized spacial score (nSPS) is 46.1. The molecule has 0 aromatic rings. The SMILES string of the molecule is NC1CCC(OC2C(F)C(F)C(C(F)(F)F)C(OC3CCC(CC=O)CC3)C2F)CC1O. The smallest absolute Gasteiger partial charge is 0.391 e. The number of alkyl halides is 6. The Hall–Kier alpha value is -0.910. The quantitative estimate of drug-likeness (QED) is 0.455. The molecule has 0 aromatic heterocycles. The zero-order chi connectivity index (χ0) is 23.6. The number of carbonyl (C=O) groups is 1. The van der Waals surface area contributed by atoms with E-state index in [1.54, 1.807) is 0 Å². The first kappa shape index (κ1) is 25.7. The van der Waals surface area contributed by atoms with Crippen LogP contribution in [0.3, 0.4) is 0 Å². The minimum atomic E-state index is -5.20. The number of aliphatic hydroxyl groups is 1. The monoisotopic (exact) mass is 475 g/mol. The second-order valence-corrected chi connectivity index (χ2v) is 9.31. The average Bonchev–Trinajstić information content (AvgIpc) is 2.72. The fourth-order valence-corrected chi connectivity index (χ4v) is 5.14. The summed E-state index contributed by atoms with van der Waals surface area (Å²) in [6.07, 6.45) is -17.2. The van der Waals surface area contributed by atoms with Crippen molar-refractivity contribution in [1.29, 1.82) is 0 Å². The van der Waals surface area contributed by atoms with E-state index in [-0.39, 0.29) is 18.8 Å². The lowest BCUT2D eigenvalue weighted by molar-refractivity contribution is -0.284. The van der Waals surface area contributed by atoms with Crippen LogP contribution in [0.1, 0.15) is 51.4 Å². The van der Waals surface area contributed by atoms with E-state index in [1.807, 2.05) is 0 Å². The van der Waals surface area contributed by atoms with Gasteiger partial charge in [-0.15, -0.1) is 0 Å². The number of ether oxygens (including phenoxy) is 2. The highest BCUT2D eigenvalue weighted by Crippen LogP contribution is 2.46. The number of hydrogen-bond acceptors (Lipinski definition) is 5. The van der Waals surface area contributed by atoms with Gasteiger partial charge in [-0.05, 0) is 44.4 Å². The van der Waals surface area contributed by atoms with Crippen molar-refractivity contribution >= 4 is 6.29 Å². The number of rotatable bonds is 6. The van der Waals surface area contributed by atoms with E-state index in [9.17, 15) is 31.9 Å². The lowest BCUT2D eigenvalue weighted by Crippen LogP contribution is -2.63. The molecule has 3 saturated carbocycles. The number of halogens is 6. The molecule has 0 aromatic carbocycles. The third kappa shape index (κ3) is 5.77. The van der Waals surface area contributed by atoms with Gasteiger partial charge in [-0.3, -0.25) is 0 Å². The summed E-state index contributed by atoms with van der Waals surface area (Å²) >= 11 is 0. The number of aldehydes is 1. The van der Waals surface area contributed by atoms with E-state index in [0.717, 1.165) is 6.29 Å². The van der Waals surface area contributed by atoms with Gasteiger partial charge in [-0.1, -0.05) is 0 Å². The van der Waals surface area contributed by atoms with Crippen LogP contribution in [0.2, 0.25) is 0 Å². The molecule has 3 aliphatic carbocycles. The maximum absolute atomic E-state index is 15.3. The predicted molar refractivity (Wildman–Crippen MR) is 102 cm³/mol. The highest BCUT2D eigenvalue weighted by atomic mass is 19.4. The van der Waals surface area contributed by atoms with E-state index < -0.39 is 67.2 Å². The zero-order valence-electron chi connectivity index (χ0n) is 17.6. The minimum Gasteiger partial charge on any atom is -0.391 e. The van der Waals surface area contributed by atoms with E-state index in [1.165, 1.54) is 0 Å². The molecule has 186 valence electrons. The van der Waals surface area contributed by atoms with Crippen molar-refractivity contribution in [3.8, 4) is 0 Å². The third-order valence-electron chi connectivity index (χ3n) is 7.06. The molecule has 3 fully saturated rings. The summed E-state index contributed by atoms with van der Waals surface area (Å²) in [4.78, 5) is 10.7. The summed E-state index contributed by atoms with van der Waals surface area (Å²) in [5.74, 6) is -2.87. The molecule has 3 aliphatic rings. The van der Waals surface area contributed by atoms with Gasteiger partial charge in [0.2, 0.25) is 0 Å². The van der Waals surface area contributed by atoms with Crippen molar-refractivity contribution < 1.29 is 45.7 Å². The van der Waals surface area contributed by atoms with Gasteiger partial charge in [0.15, 0.2) is 12.3 Å². The Morgan fingerprint density at radius 1 is 0.875 bits per heavy atom. The summed E-state index contributed by atoms with van der Waals surface area (Å²) in [5, 5.41) is 9.88. The molecule has 9 unspecified atom stereocenters. The molecular formula is C21H31F6NO4. The second-order valence-electron chi connectivity index (χ2n) is 9.31. The fraction of sp³-hybridized carbons (Fsp3) is 0.952. The molecule has 11 heteroatoms. The Kier molecular flexibility index (Phi) is 8.49. The van der Waals surface area contributed by atoms with E-state index >= 15 is 4.39 Å². The average molecular weight is 475 g/mol. The van der Waals surface area contributed by atoms with Crippen LogP contribution in [0.5, 0.6) is 0 Å². The Labute approximate surface area is 183 Å². The molecule has 0 bridgehead atoms. The number of carbonyl (C=O) groups excluding carboxylic acids is 1. The van der Waals surface area contributed by atoms with Crippen LogP contribution < -0.4 is 5.73 Å². The van der Waals surface area contributed by atoms with E-state index in [2.05, 4.69) is 0 Å². The highest BCUT2D eigenvalue weighted by molar-refractivity contribution is 5.49. The van der Waals surface area contributed by atoms with Crippen LogP contribution in [0.25, 0.3) is 0 Å². The van der Waals surface area contributed by atoms with Crippen LogP contribution in [0.15, 0.2) is 0 Å². The third-order valence-corrected chi connectivity index (χ3v) is 7.06. The Balaban J connectivity index is 1.73. The van der Waals surface area contributed by atoms with Crippen LogP contribution in [0, 0.1) is 11.8 Å². The lowest BCUT2D eigenvalue weighted by atomic mass is 9.79. The molecule has 5 nitrogen and oxygen atoms in total. The van der Waals surface area contributed by atoms with Crippen molar-refractivity contribution in [2.45, 2.75) is 113 Å². The molecule has 0 spiro atoms. The lowest BCUT2D eigenvalue weighted by Gasteiger charge is -2.46. The van der Waals surface area contributed by atoms with Gasteiger partial charge in [-0.2, -0.15) is 13.2 Å². The maximum atomic E-state index is 15.3. The summed E-state index contributed by atoms with van der Waals surface area (Å²) in [7, 11) is 0. The molecule has 0 heterocycles. The molecule has 3 N–H and O–H groups in total. The first-order chi connectivity index (χ1) is 15.0. The Morgan fingerprint density at radius 2 is 1.47 bits per heavy atom. The number of hydrogen-bond donors (Lipinski definition) is 2. The van der Waals surface area contributed by atoms with Gasteiger partial charge < -0.3 is 25.1 Å². The molecule has 0 saturated heterocycles. The summed E-state index contributed by atoms with van der Waals surface area (Å²) < 4.78 is 96.3. The summed E-state index contributed by atoms with van der Waals surface area (Å²) in [6, 6.07) is -0.530. The van der Waals surface area contributed by atoms with Gasteiger partial charge in [0, 0.05) is 18.9 Å². The fourth-order valence-electron chi connectivity index (χ4n) is 5.14. The zero-order valence-corrected chi connectivity index (χ0v) is 17.6. The molecule has 3 rings (SSSR count). The Morgan fingerprint density at radius 3 is 2.03 bits per heavy atom. The Bertz CT molecular complexity index is 618.